The van der Waals surface area contributed by atoms with Gasteiger partial charge in [0.05, 0.1) is 43.8 Å². The third kappa shape index (κ3) is 3.91. The van der Waals surface area contributed by atoms with Crippen LogP contribution >= 0.6 is 0 Å². The van der Waals surface area contributed by atoms with Gasteiger partial charge in [-0.25, -0.2) is 0 Å². The van der Waals surface area contributed by atoms with Crippen molar-refractivity contribution >= 4 is 17.7 Å². The normalized spacial score (nSPS) is 36.2. The first-order valence-corrected chi connectivity index (χ1v) is 12.7. The Kier molecular flexibility index (Phi) is 6.73. The topological polar surface area (TPSA) is 103 Å². The monoisotopic (exact) mass is 488 g/mol. The number of likely N-dealkylation sites (tertiary alicyclic amines) is 1. The lowest BCUT2D eigenvalue weighted by molar-refractivity contribution is -0.151. The van der Waals surface area contributed by atoms with Crippen molar-refractivity contribution in [1.29, 1.82) is 0 Å². The van der Waals surface area contributed by atoms with Crippen LogP contribution in [0.4, 0.5) is 0 Å². The van der Waals surface area contributed by atoms with Gasteiger partial charge in [-0.3, -0.25) is 19.3 Å². The first-order valence-electron chi connectivity index (χ1n) is 12.7. The zero-order valence-corrected chi connectivity index (χ0v) is 20.5. The van der Waals surface area contributed by atoms with Crippen molar-refractivity contribution in [3.63, 3.8) is 0 Å². The predicted octanol–water partition coefficient (Wildman–Crippen LogP) is -0.903. The highest BCUT2D eigenvalue weighted by molar-refractivity contribution is 6.00. The summed E-state index contributed by atoms with van der Waals surface area (Å²) in [6, 6.07) is -1.44. The van der Waals surface area contributed by atoms with Crippen molar-refractivity contribution < 1.29 is 29.0 Å². The second kappa shape index (κ2) is 9.65. The number of hydrogen-bond acceptors (Lipinski definition) is 7. The van der Waals surface area contributed by atoms with Crippen molar-refractivity contribution in [2.24, 2.45) is 11.8 Å². The van der Waals surface area contributed by atoms with Crippen molar-refractivity contribution in [3.8, 4) is 0 Å². The van der Waals surface area contributed by atoms with E-state index in [4.69, 9.17) is 9.47 Å². The van der Waals surface area contributed by atoms with E-state index >= 15 is 0 Å². The fraction of sp³-hybridized carbons (Fsp3) is 0.720. The van der Waals surface area contributed by atoms with Crippen LogP contribution in [0.25, 0.3) is 0 Å². The number of carbonyl (C=O) groups excluding carboxylic acids is 3. The molecule has 0 aromatic rings. The minimum absolute atomic E-state index is 0.151. The second-order valence-electron chi connectivity index (χ2n) is 10.1. The number of nitrogens with zero attached hydrogens (tertiary/aromatic N) is 4. The fourth-order valence-electron chi connectivity index (χ4n) is 6.34. The molecule has 6 atom stereocenters. The summed E-state index contributed by atoms with van der Waals surface area (Å²) in [6.45, 7) is 6.76. The summed E-state index contributed by atoms with van der Waals surface area (Å²) in [6.07, 6.45) is 7.43. The quantitative estimate of drug-likeness (QED) is 0.483. The van der Waals surface area contributed by atoms with Crippen LogP contribution in [-0.4, -0.2) is 132 Å². The fourth-order valence-corrected chi connectivity index (χ4v) is 6.34. The van der Waals surface area contributed by atoms with E-state index in [1.807, 2.05) is 31.2 Å². The summed E-state index contributed by atoms with van der Waals surface area (Å²) in [5, 5.41) is 10.1. The maximum Gasteiger partial charge on any atom is 0.249 e. The molecular weight excluding hydrogens is 452 g/mol. The third-order valence-corrected chi connectivity index (χ3v) is 8.25. The first-order chi connectivity index (χ1) is 16.9. The van der Waals surface area contributed by atoms with Crippen LogP contribution < -0.4 is 0 Å². The molecule has 10 nitrogen and oxygen atoms in total. The van der Waals surface area contributed by atoms with Gasteiger partial charge in [-0.05, 0) is 6.42 Å². The molecule has 5 aliphatic rings. The van der Waals surface area contributed by atoms with E-state index in [0.29, 0.717) is 39.3 Å². The molecule has 1 spiro atoms. The Morgan fingerprint density at radius 3 is 2.57 bits per heavy atom. The zero-order valence-electron chi connectivity index (χ0n) is 20.5. The van der Waals surface area contributed by atoms with Crippen LogP contribution in [0, 0.1) is 11.8 Å². The van der Waals surface area contributed by atoms with Crippen LogP contribution in [0.15, 0.2) is 24.3 Å². The molecule has 0 aliphatic carbocycles. The third-order valence-electron chi connectivity index (χ3n) is 8.25. The Labute approximate surface area is 206 Å². The number of aliphatic hydroxyl groups is 1. The molecule has 3 saturated heterocycles. The molecule has 10 heteroatoms. The van der Waals surface area contributed by atoms with Gasteiger partial charge in [-0.1, -0.05) is 31.2 Å². The Hall–Kier alpha value is -2.27. The molecule has 5 aliphatic heterocycles. The van der Waals surface area contributed by atoms with E-state index in [-0.39, 0.29) is 24.3 Å². The average Bonchev–Trinajstić information content (AvgIpc) is 3.19. The van der Waals surface area contributed by atoms with Gasteiger partial charge < -0.3 is 29.3 Å². The lowest BCUT2D eigenvalue weighted by Gasteiger charge is -2.38. The zero-order chi connectivity index (χ0) is 24.7. The molecule has 0 aromatic carbocycles. The maximum absolute atomic E-state index is 14.1. The molecule has 3 amide bonds. The van der Waals surface area contributed by atoms with Gasteiger partial charge in [-0.15, -0.1) is 0 Å². The Morgan fingerprint density at radius 2 is 1.86 bits per heavy atom. The highest BCUT2D eigenvalue weighted by Gasteiger charge is 2.72. The van der Waals surface area contributed by atoms with E-state index in [9.17, 15) is 19.5 Å². The van der Waals surface area contributed by atoms with Crippen LogP contribution in [0.1, 0.15) is 13.3 Å². The number of likely N-dealkylation sites (N-methyl/N-ethyl adjacent to an activating group) is 1. The number of fused-ring (bicyclic) bond motifs is 2. The number of carbonyl (C=O) groups is 3. The van der Waals surface area contributed by atoms with E-state index in [0.717, 1.165) is 19.6 Å². The summed E-state index contributed by atoms with van der Waals surface area (Å²) >= 11 is 0. The van der Waals surface area contributed by atoms with Crippen LogP contribution in [0.5, 0.6) is 0 Å². The van der Waals surface area contributed by atoms with Gasteiger partial charge in [0, 0.05) is 46.3 Å². The van der Waals surface area contributed by atoms with Crippen molar-refractivity contribution in [3.05, 3.63) is 24.3 Å². The summed E-state index contributed by atoms with van der Waals surface area (Å²) in [5.74, 6) is -2.13. The maximum atomic E-state index is 14.1. The number of ether oxygens (including phenoxy) is 2. The molecule has 1 N–H and O–H groups in total. The Bertz CT molecular complexity index is 914. The summed E-state index contributed by atoms with van der Waals surface area (Å²) in [7, 11) is 1.72. The number of hydrogen-bond donors (Lipinski definition) is 1. The van der Waals surface area contributed by atoms with E-state index < -0.39 is 35.6 Å². The second-order valence-corrected chi connectivity index (χ2v) is 10.1. The highest BCUT2D eigenvalue weighted by Crippen LogP contribution is 2.54. The molecule has 1 unspecified atom stereocenters. The molecule has 0 saturated carbocycles. The number of aliphatic hydroxyl groups excluding tert-OH is 1. The minimum Gasteiger partial charge on any atom is -0.394 e. The van der Waals surface area contributed by atoms with Gasteiger partial charge in [0.1, 0.15) is 11.6 Å². The minimum atomic E-state index is -1.24. The van der Waals surface area contributed by atoms with Gasteiger partial charge in [-0.2, -0.15) is 0 Å². The number of amides is 3. The average molecular weight is 489 g/mol. The molecule has 35 heavy (non-hydrogen) atoms. The van der Waals surface area contributed by atoms with Crippen LogP contribution in [0.2, 0.25) is 0 Å². The molecule has 192 valence electrons. The molecular formula is C25H36N4O6. The highest BCUT2D eigenvalue weighted by atomic mass is 16.5. The largest absolute Gasteiger partial charge is 0.394 e. The van der Waals surface area contributed by atoms with Gasteiger partial charge in [0.15, 0.2) is 0 Å². The molecule has 0 radical (unpaired) electrons. The van der Waals surface area contributed by atoms with Gasteiger partial charge >= 0.3 is 0 Å². The smallest absolute Gasteiger partial charge is 0.249 e. The van der Waals surface area contributed by atoms with E-state index in [1.54, 1.807) is 16.8 Å². The standard InChI is InChI=1S/C25H36N4O6/c1-3-17(16-30)29-21-24(33)28(11-10-27-12-14-34-15-13-27)9-5-7-25(21)20(23(29)32)19-18(35-25)6-4-8-26(2)22(19)31/h4-7,17-21,30H,3,8-16H2,1-2H3/t17-,18-,19+,20-,21?,25-/m0/s1. The van der Waals surface area contributed by atoms with Gasteiger partial charge in [0.25, 0.3) is 0 Å². The van der Waals surface area contributed by atoms with E-state index in [2.05, 4.69) is 4.90 Å². The lowest BCUT2D eigenvalue weighted by Crippen LogP contribution is -2.58. The van der Waals surface area contributed by atoms with Crippen molar-refractivity contribution in [2.45, 2.75) is 37.1 Å². The van der Waals surface area contributed by atoms with Crippen molar-refractivity contribution in [2.75, 3.05) is 66.1 Å². The molecule has 5 rings (SSSR count). The molecule has 0 bridgehead atoms. The number of rotatable bonds is 6. The Balaban J connectivity index is 1.50. The van der Waals surface area contributed by atoms with Crippen molar-refractivity contribution in [1.82, 2.24) is 19.6 Å². The summed E-state index contributed by atoms with van der Waals surface area (Å²) < 4.78 is 12.0. The summed E-state index contributed by atoms with van der Waals surface area (Å²) in [4.78, 5) is 48.7. The molecule has 5 heterocycles. The van der Waals surface area contributed by atoms with Crippen LogP contribution in [-0.2, 0) is 23.9 Å². The SMILES string of the molecule is CC[C@@H](CO)N1C(=O)[C@@H]2[C@@H]3C(=O)N(C)CC=C[C@@H]3O[C@@]23C=CCN(CCN2CCOCC2)C(=O)C13. The predicted molar refractivity (Wildman–Crippen MR) is 126 cm³/mol. The lowest BCUT2D eigenvalue weighted by atomic mass is 9.77. The Morgan fingerprint density at radius 1 is 1.09 bits per heavy atom. The molecule has 0 aromatic heterocycles. The number of morpholine rings is 1. The van der Waals surface area contributed by atoms with Crippen LogP contribution in [0.3, 0.4) is 0 Å². The van der Waals surface area contributed by atoms with E-state index in [1.165, 1.54) is 4.90 Å². The first kappa shape index (κ1) is 24.4. The van der Waals surface area contributed by atoms with Gasteiger partial charge in [0.2, 0.25) is 17.7 Å². The molecule has 3 fully saturated rings. The summed E-state index contributed by atoms with van der Waals surface area (Å²) in [5.41, 5.74) is -1.24.